The molecule has 1 aromatic heterocycles. The summed E-state index contributed by atoms with van der Waals surface area (Å²) in [6.45, 7) is 6.28. The van der Waals surface area contributed by atoms with Crippen molar-refractivity contribution in [2.45, 2.75) is 68.9 Å². The van der Waals surface area contributed by atoms with Crippen molar-refractivity contribution in [3.05, 3.63) is 47.9 Å². The first-order valence-electron chi connectivity index (χ1n) is 9.69. The van der Waals surface area contributed by atoms with Gasteiger partial charge in [-0.25, -0.2) is 23.1 Å². The third-order valence-corrected chi connectivity index (χ3v) is 6.61. The lowest BCUT2D eigenvalue weighted by molar-refractivity contribution is 0.137. The van der Waals surface area contributed by atoms with Crippen LogP contribution in [0.25, 0.3) is 0 Å². The molecule has 1 heterocycles. The van der Waals surface area contributed by atoms with Gasteiger partial charge in [0.25, 0.3) is 5.88 Å². The highest BCUT2D eigenvalue weighted by atomic mass is 32.2. The van der Waals surface area contributed by atoms with Crippen molar-refractivity contribution < 1.29 is 13.2 Å². The molecule has 1 aromatic carbocycles. The SMILES string of the molecule is CC(C)(C)c1ccc(S(=O)(=O)NC2CCC(Oc3nccnc3C#N)CC2)cc1. The van der Waals surface area contributed by atoms with E-state index in [0.717, 1.165) is 5.56 Å². The minimum absolute atomic E-state index is 0.0252. The molecule has 1 N–H and O–H groups in total. The predicted octanol–water partition coefficient (Wildman–Crippen LogP) is 3.31. The highest BCUT2D eigenvalue weighted by Crippen LogP contribution is 2.26. The molecule has 29 heavy (non-hydrogen) atoms. The van der Waals surface area contributed by atoms with Crippen LogP contribution in [0.5, 0.6) is 5.88 Å². The molecule has 2 aromatic rings. The van der Waals surface area contributed by atoms with E-state index in [4.69, 9.17) is 10.00 Å². The Kier molecular flexibility index (Phi) is 6.20. The molecule has 3 rings (SSSR count). The van der Waals surface area contributed by atoms with Gasteiger partial charge in [-0.05, 0) is 48.8 Å². The van der Waals surface area contributed by atoms with Crippen LogP contribution < -0.4 is 9.46 Å². The van der Waals surface area contributed by atoms with Crippen molar-refractivity contribution in [1.82, 2.24) is 14.7 Å². The third kappa shape index (κ3) is 5.31. The molecule has 0 bridgehead atoms. The van der Waals surface area contributed by atoms with E-state index in [2.05, 4.69) is 35.5 Å². The van der Waals surface area contributed by atoms with E-state index >= 15 is 0 Å². The van der Waals surface area contributed by atoms with E-state index in [1.807, 2.05) is 18.2 Å². The lowest BCUT2D eigenvalue weighted by Crippen LogP contribution is -2.39. The Morgan fingerprint density at radius 3 is 2.28 bits per heavy atom. The van der Waals surface area contributed by atoms with Crippen molar-refractivity contribution in [2.24, 2.45) is 0 Å². The Morgan fingerprint density at radius 2 is 1.69 bits per heavy atom. The number of hydrogen-bond donors (Lipinski definition) is 1. The lowest BCUT2D eigenvalue weighted by atomic mass is 9.87. The van der Waals surface area contributed by atoms with E-state index in [1.165, 1.54) is 12.4 Å². The standard InChI is InChI=1S/C21H26N4O3S/c1-21(2,3)15-4-10-18(11-5-15)29(26,27)25-16-6-8-17(9-7-16)28-20-19(14-22)23-12-13-24-20/h4-5,10-13,16-17,25H,6-9H2,1-3H3. The Hall–Kier alpha value is -2.50. The third-order valence-electron chi connectivity index (χ3n) is 5.08. The van der Waals surface area contributed by atoms with Crippen LogP contribution in [0.3, 0.4) is 0 Å². The monoisotopic (exact) mass is 414 g/mol. The fraction of sp³-hybridized carbons (Fsp3) is 0.476. The largest absolute Gasteiger partial charge is 0.472 e. The van der Waals surface area contributed by atoms with Crippen molar-refractivity contribution in [2.75, 3.05) is 0 Å². The summed E-state index contributed by atoms with van der Waals surface area (Å²) in [6, 6.07) is 8.89. The second-order valence-corrected chi connectivity index (χ2v) is 10.0. The van der Waals surface area contributed by atoms with Gasteiger partial charge in [-0.3, -0.25) is 0 Å². The average Bonchev–Trinajstić information content (AvgIpc) is 2.69. The van der Waals surface area contributed by atoms with Crippen LogP contribution in [0.15, 0.2) is 41.6 Å². The topological polar surface area (TPSA) is 105 Å². The molecule has 0 amide bonds. The summed E-state index contributed by atoms with van der Waals surface area (Å²) in [5.74, 6) is 0.234. The van der Waals surface area contributed by atoms with Crippen LogP contribution in [-0.4, -0.2) is 30.5 Å². The maximum absolute atomic E-state index is 12.7. The summed E-state index contributed by atoms with van der Waals surface area (Å²) in [4.78, 5) is 8.29. The Morgan fingerprint density at radius 1 is 1.07 bits per heavy atom. The molecule has 1 fully saturated rings. The number of sulfonamides is 1. The molecule has 8 heteroatoms. The highest BCUT2D eigenvalue weighted by molar-refractivity contribution is 7.89. The van der Waals surface area contributed by atoms with Gasteiger partial charge in [0, 0.05) is 18.4 Å². The molecule has 1 aliphatic carbocycles. The fourth-order valence-electron chi connectivity index (χ4n) is 3.37. The van der Waals surface area contributed by atoms with Crippen molar-refractivity contribution >= 4 is 10.0 Å². The van der Waals surface area contributed by atoms with Gasteiger partial charge in [0.05, 0.1) is 4.90 Å². The summed E-state index contributed by atoms with van der Waals surface area (Å²) in [6.07, 6.45) is 5.50. The summed E-state index contributed by atoms with van der Waals surface area (Å²) in [5.41, 5.74) is 1.23. The van der Waals surface area contributed by atoms with E-state index in [9.17, 15) is 8.42 Å². The molecular weight excluding hydrogens is 388 g/mol. The van der Waals surface area contributed by atoms with Crippen LogP contribution in [0, 0.1) is 11.3 Å². The number of benzene rings is 1. The minimum atomic E-state index is -3.57. The van der Waals surface area contributed by atoms with E-state index in [-0.39, 0.29) is 34.0 Å². The molecule has 0 spiro atoms. The van der Waals surface area contributed by atoms with Gasteiger partial charge >= 0.3 is 0 Å². The normalized spacial score (nSPS) is 20.1. The van der Waals surface area contributed by atoms with Crippen LogP contribution in [0.1, 0.15) is 57.7 Å². The maximum Gasteiger partial charge on any atom is 0.251 e. The minimum Gasteiger partial charge on any atom is -0.472 e. The molecule has 154 valence electrons. The number of ether oxygens (including phenoxy) is 1. The highest BCUT2D eigenvalue weighted by Gasteiger charge is 2.27. The molecule has 1 aliphatic rings. The van der Waals surface area contributed by atoms with E-state index in [1.54, 1.807) is 12.1 Å². The van der Waals surface area contributed by atoms with Crippen LogP contribution >= 0.6 is 0 Å². The van der Waals surface area contributed by atoms with Gasteiger partial charge in [-0.2, -0.15) is 5.26 Å². The summed E-state index contributed by atoms with van der Waals surface area (Å²) < 4.78 is 34.1. The number of hydrogen-bond acceptors (Lipinski definition) is 6. The zero-order chi connectivity index (χ0) is 21.1. The van der Waals surface area contributed by atoms with Gasteiger partial charge in [-0.15, -0.1) is 0 Å². The Bertz CT molecular complexity index is 984. The predicted molar refractivity (Wildman–Crippen MR) is 109 cm³/mol. The lowest BCUT2D eigenvalue weighted by Gasteiger charge is -2.29. The molecule has 0 unspecified atom stereocenters. The Labute approximate surface area is 172 Å². The van der Waals surface area contributed by atoms with Crippen LogP contribution in [0.4, 0.5) is 0 Å². The van der Waals surface area contributed by atoms with Crippen molar-refractivity contribution in [3.8, 4) is 11.9 Å². The van der Waals surface area contributed by atoms with Crippen molar-refractivity contribution in [1.29, 1.82) is 5.26 Å². The maximum atomic E-state index is 12.7. The number of nitriles is 1. The number of rotatable bonds is 5. The second kappa shape index (κ2) is 8.47. The molecule has 0 aliphatic heterocycles. The molecular formula is C21H26N4O3S. The molecule has 1 saturated carbocycles. The number of nitrogens with one attached hydrogen (secondary N) is 1. The quantitative estimate of drug-likeness (QED) is 0.805. The summed E-state index contributed by atoms with van der Waals surface area (Å²) in [5, 5.41) is 9.08. The molecule has 0 saturated heterocycles. The smallest absolute Gasteiger partial charge is 0.251 e. The van der Waals surface area contributed by atoms with Crippen molar-refractivity contribution in [3.63, 3.8) is 0 Å². The van der Waals surface area contributed by atoms with Crippen LogP contribution in [0.2, 0.25) is 0 Å². The molecule has 7 nitrogen and oxygen atoms in total. The van der Waals surface area contributed by atoms with Gasteiger partial charge in [0.1, 0.15) is 12.2 Å². The molecule has 0 radical (unpaired) electrons. The average molecular weight is 415 g/mol. The first-order valence-corrected chi connectivity index (χ1v) is 11.2. The Balaban J connectivity index is 1.58. The summed E-state index contributed by atoms with van der Waals surface area (Å²) >= 11 is 0. The van der Waals surface area contributed by atoms with Gasteiger partial charge in [0.15, 0.2) is 0 Å². The van der Waals surface area contributed by atoms with Crippen LogP contribution in [-0.2, 0) is 15.4 Å². The summed E-state index contributed by atoms with van der Waals surface area (Å²) in [7, 11) is -3.57. The van der Waals surface area contributed by atoms with Gasteiger partial charge < -0.3 is 4.74 Å². The zero-order valence-electron chi connectivity index (χ0n) is 16.9. The fourth-order valence-corrected chi connectivity index (χ4v) is 4.67. The van der Waals surface area contributed by atoms with Gasteiger partial charge in [0.2, 0.25) is 15.7 Å². The molecule has 0 atom stereocenters. The zero-order valence-corrected chi connectivity index (χ0v) is 17.7. The van der Waals surface area contributed by atoms with E-state index in [0.29, 0.717) is 25.7 Å². The number of aromatic nitrogens is 2. The first-order chi connectivity index (χ1) is 13.7. The van der Waals surface area contributed by atoms with E-state index < -0.39 is 10.0 Å². The first kappa shape index (κ1) is 21.2. The van der Waals surface area contributed by atoms with Gasteiger partial charge in [-0.1, -0.05) is 32.9 Å². The second-order valence-electron chi connectivity index (χ2n) is 8.31. The number of nitrogens with zero attached hydrogens (tertiary/aromatic N) is 3.